The Morgan fingerprint density at radius 1 is 0.921 bits per heavy atom. The molecule has 218 valence electrons. The molecule has 11 nitrogen and oxygen atoms in total. The van der Waals surface area contributed by atoms with Crippen molar-refractivity contribution in [2.45, 2.75) is 84.3 Å². The van der Waals surface area contributed by atoms with Gasteiger partial charge in [0.25, 0.3) is 0 Å². The summed E-state index contributed by atoms with van der Waals surface area (Å²) >= 11 is 1.27. The molecule has 0 spiro atoms. The molecule has 0 aromatic heterocycles. The number of thioether (sulfide) groups is 1. The van der Waals surface area contributed by atoms with Crippen molar-refractivity contribution >= 4 is 46.8 Å². The zero-order valence-corrected chi connectivity index (χ0v) is 23.6. The maximum atomic E-state index is 12.6. The van der Waals surface area contributed by atoms with E-state index in [2.05, 4.69) is 0 Å². The molecule has 0 rings (SSSR count). The second-order valence-electron chi connectivity index (χ2n) is 8.89. The largest absolute Gasteiger partial charge is 0.462 e. The number of hydrogen-bond donors (Lipinski definition) is 2. The van der Waals surface area contributed by atoms with Gasteiger partial charge in [-0.2, -0.15) is 11.8 Å². The molecule has 3 atom stereocenters. The van der Waals surface area contributed by atoms with Gasteiger partial charge in [-0.1, -0.05) is 13.8 Å². The summed E-state index contributed by atoms with van der Waals surface area (Å²) in [6.07, 6.45) is 0.531. The van der Waals surface area contributed by atoms with E-state index in [1.165, 1.54) is 18.7 Å². The lowest BCUT2D eigenvalue weighted by Crippen LogP contribution is -2.36. The third kappa shape index (κ3) is 18.2. The molecular formula is C26H43NO10S. The molecule has 0 saturated heterocycles. The van der Waals surface area contributed by atoms with Crippen LogP contribution >= 0.6 is 11.8 Å². The predicted octanol–water partition coefficient (Wildman–Crippen LogP) is 1.58. The number of carbonyl (C=O) groups is 6. The van der Waals surface area contributed by atoms with Crippen LogP contribution in [0.25, 0.3) is 0 Å². The number of aliphatic hydroxyl groups is 1. The van der Waals surface area contributed by atoms with E-state index in [1.54, 1.807) is 13.8 Å². The number of ketones is 4. The minimum absolute atomic E-state index is 0.0666. The van der Waals surface area contributed by atoms with E-state index in [9.17, 15) is 33.9 Å². The monoisotopic (exact) mass is 561 g/mol. The number of Topliss-reactive ketones (excluding diaryl/α,β-unsaturated/α-hetero) is 4. The van der Waals surface area contributed by atoms with Crippen molar-refractivity contribution in [2.24, 2.45) is 11.7 Å². The van der Waals surface area contributed by atoms with Crippen LogP contribution in [-0.2, 0) is 43.0 Å². The lowest BCUT2D eigenvalue weighted by Gasteiger charge is -2.19. The van der Waals surface area contributed by atoms with E-state index in [0.29, 0.717) is 6.42 Å². The van der Waals surface area contributed by atoms with E-state index < -0.39 is 30.0 Å². The van der Waals surface area contributed by atoms with Gasteiger partial charge in [0.05, 0.1) is 6.04 Å². The Balaban J connectivity index is 4.53. The molecule has 0 aromatic carbocycles. The molecule has 0 fully saturated rings. The van der Waals surface area contributed by atoms with Crippen molar-refractivity contribution in [1.82, 2.24) is 0 Å². The zero-order chi connectivity index (χ0) is 28.9. The molecule has 3 N–H and O–H groups in total. The Hall–Kier alpha value is -2.15. The number of rotatable bonds is 24. The average Bonchev–Trinajstić information content (AvgIpc) is 2.89. The van der Waals surface area contributed by atoms with E-state index in [1.807, 2.05) is 0 Å². The van der Waals surface area contributed by atoms with Crippen molar-refractivity contribution in [2.75, 3.05) is 37.9 Å². The number of hydrogen-bond acceptors (Lipinski definition) is 12. The quantitative estimate of drug-likeness (QED) is 0.129. The average molecular weight is 562 g/mol. The first-order valence-corrected chi connectivity index (χ1v) is 14.1. The lowest BCUT2D eigenvalue weighted by molar-refractivity contribution is -0.157. The molecule has 0 aromatic rings. The van der Waals surface area contributed by atoms with Crippen molar-refractivity contribution < 1.29 is 48.1 Å². The second-order valence-corrected chi connectivity index (χ2v) is 9.96. The molecule has 0 heterocycles. The fourth-order valence-electron chi connectivity index (χ4n) is 3.15. The highest BCUT2D eigenvalue weighted by Crippen LogP contribution is 2.17. The van der Waals surface area contributed by atoms with Crippen LogP contribution < -0.4 is 5.73 Å². The number of ether oxygens (including phenoxy) is 3. The number of carbonyl (C=O) groups excluding carboxylic acids is 6. The van der Waals surface area contributed by atoms with Crippen molar-refractivity contribution in [3.05, 3.63) is 0 Å². The summed E-state index contributed by atoms with van der Waals surface area (Å²) in [7, 11) is 0. The maximum absolute atomic E-state index is 12.6. The van der Waals surface area contributed by atoms with Crippen molar-refractivity contribution in [3.63, 3.8) is 0 Å². The molecule has 0 aliphatic rings. The van der Waals surface area contributed by atoms with Crippen LogP contribution in [0.3, 0.4) is 0 Å². The van der Waals surface area contributed by atoms with Crippen LogP contribution in [-0.4, -0.2) is 90.3 Å². The summed E-state index contributed by atoms with van der Waals surface area (Å²) in [5.74, 6) is -1.79. The van der Waals surface area contributed by atoms with Crippen LogP contribution in [0, 0.1) is 5.92 Å². The molecule has 12 heteroatoms. The van der Waals surface area contributed by atoms with E-state index in [4.69, 9.17) is 19.9 Å². The smallest absolute Gasteiger partial charge is 0.305 e. The SMILES string of the molecule is CCC(=O)OCC(CSCC(N)C(=O)CC(CCO)C(=O)CCCOCC(=O)CCC(C)=O)OC(=O)CC. The van der Waals surface area contributed by atoms with Crippen LogP contribution in [0.2, 0.25) is 0 Å². The van der Waals surface area contributed by atoms with Crippen LogP contribution in [0.4, 0.5) is 0 Å². The lowest BCUT2D eigenvalue weighted by atomic mass is 9.90. The Labute approximate surface area is 228 Å². The highest BCUT2D eigenvalue weighted by Gasteiger charge is 2.25. The summed E-state index contributed by atoms with van der Waals surface area (Å²) < 4.78 is 15.6. The highest BCUT2D eigenvalue weighted by atomic mass is 32.2. The molecular weight excluding hydrogens is 518 g/mol. The second kappa shape index (κ2) is 21.7. The molecule has 38 heavy (non-hydrogen) atoms. The number of nitrogens with two attached hydrogens (primary N) is 1. The van der Waals surface area contributed by atoms with Gasteiger partial charge in [-0.3, -0.25) is 24.0 Å². The van der Waals surface area contributed by atoms with E-state index >= 15 is 0 Å². The summed E-state index contributed by atoms with van der Waals surface area (Å²) in [6.45, 7) is 4.44. The predicted molar refractivity (Wildman–Crippen MR) is 142 cm³/mol. The van der Waals surface area contributed by atoms with Crippen LogP contribution in [0.1, 0.15) is 72.1 Å². The minimum atomic E-state index is -0.862. The fraction of sp³-hybridized carbons (Fsp3) is 0.769. The summed E-state index contributed by atoms with van der Waals surface area (Å²) in [5.41, 5.74) is 6.02. The van der Waals surface area contributed by atoms with Gasteiger partial charge >= 0.3 is 11.9 Å². The summed E-state index contributed by atoms with van der Waals surface area (Å²) in [5, 5.41) is 9.34. The normalized spacial score (nSPS) is 13.3. The topological polar surface area (TPSA) is 176 Å². The van der Waals surface area contributed by atoms with Gasteiger partial charge in [-0.05, 0) is 19.8 Å². The standard InChI is InChI=1S/C26H43NO10S/c1-4-25(33)36-15-21(37-26(34)5-2)16-38-17-22(27)24(32)13-19(10-11-28)23(31)7-6-12-35-14-20(30)9-8-18(3)29/h19,21-22,28H,4-17,27H2,1-3H3. The Morgan fingerprint density at radius 2 is 1.61 bits per heavy atom. The van der Waals surface area contributed by atoms with Crippen LogP contribution in [0.5, 0.6) is 0 Å². The van der Waals surface area contributed by atoms with Gasteiger partial charge in [-0.25, -0.2) is 0 Å². The van der Waals surface area contributed by atoms with Gasteiger partial charge in [0.1, 0.15) is 30.9 Å². The maximum Gasteiger partial charge on any atom is 0.305 e. The van der Waals surface area contributed by atoms with Crippen LogP contribution in [0.15, 0.2) is 0 Å². The van der Waals surface area contributed by atoms with Crippen molar-refractivity contribution in [1.29, 1.82) is 0 Å². The first-order valence-electron chi connectivity index (χ1n) is 13.0. The van der Waals surface area contributed by atoms with Gasteiger partial charge in [-0.15, -0.1) is 0 Å². The van der Waals surface area contributed by atoms with Gasteiger partial charge in [0.15, 0.2) is 11.6 Å². The molecule has 0 saturated carbocycles. The summed E-state index contributed by atoms with van der Waals surface area (Å²) in [4.78, 5) is 70.8. The highest BCUT2D eigenvalue weighted by molar-refractivity contribution is 7.99. The minimum Gasteiger partial charge on any atom is -0.462 e. The molecule has 0 amide bonds. The zero-order valence-electron chi connectivity index (χ0n) is 22.7. The molecule has 0 radical (unpaired) electrons. The third-order valence-electron chi connectivity index (χ3n) is 5.43. The third-order valence-corrected chi connectivity index (χ3v) is 6.63. The number of esters is 2. The molecule has 0 aliphatic carbocycles. The van der Waals surface area contributed by atoms with Gasteiger partial charge in [0, 0.05) is 69.2 Å². The molecule has 3 unspecified atom stereocenters. The van der Waals surface area contributed by atoms with Gasteiger partial charge < -0.3 is 29.8 Å². The number of aliphatic hydroxyl groups excluding tert-OH is 1. The Morgan fingerprint density at radius 3 is 2.21 bits per heavy atom. The Kier molecular flexibility index (Phi) is 20.5. The fourth-order valence-corrected chi connectivity index (χ4v) is 4.15. The molecule has 0 bridgehead atoms. The van der Waals surface area contributed by atoms with E-state index in [-0.39, 0.29) is 106 Å². The van der Waals surface area contributed by atoms with Gasteiger partial charge in [0.2, 0.25) is 0 Å². The van der Waals surface area contributed by atoms with Crippen molar-refractivity contribution in [3.8, 4) is 0 Å². The first kappa shape index (κ1) is 35.9. The van der Waals surface area contributed by atoms with E-state index in [0.717, 1.165) is 0 Å². The summed E-state index contributed by atoms with van der Waals surface area (Å²) in [6, 6.07) is -0.862. The Bertz CT molecular complexity index is 773. The first-order chi connectivity index (χ1) is 18.0. The molecule has 0 aliphatic heterocycles.